The van der Waals surface area contributed by atoms with E-state index in [1.807, 2.05) is 6.07 Å². The Labute approximate surface area is 176 Å². The van der Waals surface area contributed by atoms with Crippen molar-refractivity contribution in [3.8, 4) is 5.75 Å². The predicted molar refractivity (Wildman–Crippen MR) is 116 cm³/mol. The van der Waals surface area contributed by atoms with E-state index < -0.39 is 10.0 Å². The zero-order valence-corrected chi connectivity index (χ0v) is 17.8. The number of piperidine rings is 1. The minimum absolute atomic E-state index is 0.204. The summed E-state index contributed by atoms with van der Waals surface area (Å²) in [6.45, 7) is 1.41. The summed E-state index contributed by atoms with van der Waals surface area (Å²) in [4.78, 5) is 4.59. The Morgan fingerprint density at radius 1 is 1.21 bits per heavy atom. The van der Waals surface area contributed by atoms with E-state index in [1.165, 1.54) is 0 Å². The Morgan fingerprint density at radius 3 is 2.66 bits per heavy atom. The molecule has 29 heavy (non-hydrogen) atoms. The van der Waals surface area contributed by atoms with Gasteiger partial charge in [0, 0.05) is 18.8 Å². The molecule has 0 aromatic heterocycles. The van der Waals surface area contributed by atoms with Crippen molar-refractivity contribution >= 4 is 33.3 Å². The van der Waals surface area contributed by atoms with Crippen LogP contribution in [0.25, 0.3) is 0 Å². The molecular formula is C20H25ClN4O3S. The van der Waals surface area contributed by atoms with Gasteiger partial charge in [-0.1, -0.05) is 30.2 Å². The number of halogens is 1. The van der Waals surface area contributed by atoms with Gasteiger partial charge in [-0.25, -0.2) is 13.4 Å². The number of sulfonamides is 1. The van der Waals surface area contributed by atoms with Gasteiger partial charge in [0.05, 0.1) is 23.6 Å². The van der Waals surface area contributed by atoms with Crippen LogP contribution in [0.2, 0.25) is 5.02 Å². The molecule has 3 rings (SSSR count). The molecule has 0 unspecified atom stereocenters. The quantitative estimate of drug-likeness (QED) is 0.534. The van der Waals surface area contributed by atoms with E-state index in [0.29, 0.717) is 34.4 Å². The fraction of sp³-hybridized carbons (Fsp3) is 0.350. The highest BCUT2D eigenvalue weighted by atomic mass is 35.5. The standard InChI is InChI=1S/C20H25ClN4O3S/c1-28-19-9-8-16(13-18(19)21)24-20(22)23-14-15-6-5-7-17(12-15)29(26,27)25-10-3-2-4-11-25/h5-9,12-13H,2-4,10-11,14H2,1H3,(H3,22,23,24). The van der Waals surface area contributed by atoms with Crippen molar-refractivity contribution in [3.05, 3.63) is 53.1 Å². The fourth-order valence-corrected chi connectivity index (χ4v) is 5.01. The van der Waals surface area contributed by atoms with Crippen LogP contribution >= 0.6 is 11.6 Å². The normalized spacial score (nSPS) is 15.9. The van der Waals surface area contributed by atoms with E-state index in [1.54, 1.807) is 47.8 Å². The summed E-state index contributed by atoms with van der Waals surface area (Å²) >= 11 is 6.10. The molecule has 9 heteroatoms. The number of hydrogen-bond donors (Lipinski definition) is 2. The van der Waals surface area contributed by atoms with Gasteiger partial charge < -0.3 is 15.8 Å². The molecule has 0 atom stereocenters. The zero-order valence-electron chi connectivity index (χ0n) is 16.3. The molecule has 2 aromatic carbocycles. The lowest BCUT2D eigenvalue weighted by Crippen LogP contribution is -2.35. The van der Waals surface area contributed by atoms with Crippen molar-refractivity contribution in [1.29, 1.82) is 0 Å². The Bertz CT molecular complexity index is 989. The van der Waals surface area contributed by atoms with E-state index in [2.05, 4.69) is 10.3 Å². The lowest BCUT2D eigenvalue weighted by molar-refractivity contribution is 0.346. The molecule has 0 radical (unpaired) electrons. The summed E-state index contributed by atoms with van der Waals surface area (Å²) in [5, 5.41) is 3.42. The number of anilines is 1. The summed E-state index contributed by atoms with van der Waals surface area (Å²) in [5.41, 5.74) is 7.40. The molecule has 1 saturated heterocycles. The summed E-state index contributed by atoms with van der Waals surface area (Å²) in [6, 6.07) is 12.0. The Balaban J connectivity index is 1.68. The van der Waals surface area contributed by atoms with E-state index in [0.717, 1.165) is 24.8 Å². The molecule has 1 heterocycles. The number of aliphatic imine (C=N–C) groups is 1. The molecule has 0 bridgehead atoms. The number of methoxy groups -OCH3 is 1. The molecule has 0 amide bonds. The van der Waals surface area contributed by atoms with Crippen LogP contribution in [-0.4, -0.2) is 38.9 Å². The zero-order chi connectivity index (χ0) is 20.9. The smallest absolute Gasteiger partial charge is 0.243 e. The van der Waals surface area contributed by atoms with Gasteiger partial charge in [0.15, 0.2) is 5.96 Å². The lowest BCUT2D eigenvalue weighted by atomic mass is 10.2. The van der Waals surface area contributed by atoms with Gasteiger partial charge in [0.2, 0.25) is 10.0 Å². The van der Waals surface area contributed by atoms with Crippen LogP contribution in [0.4, 0.5) is 5.69 Å². The summed E-state index contributed by atoms with van der Waals surface area (Å²) in [7, 11) is -1.93. The third kappa shape index (κ3) is 5.41. The van der Waals surface area contributed by atoms with Gasteiger partial charge in [0.1, 0.15) is 5.75 Å². The van der Waals surface area contributed by atoms with Gasteiger partial charge in [-0.3, -0.25) is 0 Å². The maximum atomic E-state index is 12.8. The maximum absolute atomic E-state index is 12.8. The highest BCUT2D eigenvalue weighted by molar-refractivity contribution is 7.89. The third-order valence-electron chi connectivity index (χ3n) is 4.71. The molecule has 1 fully saturated rings. The van der Waals surface area contributed by atoms with Crippen LogP contribution in [0.3, 0.4) is 0 Å². The van der Waals surface area contributed by atoms with Crippen LogP contribution in [0.5, 0.6) is 5.75 Å². The molecule has 1 aliphatic rings. The molecule has 7 nitrogen and oxygen atoms in total. The number of hydrogen-bond acceptors (Lipinski definition) is 4. The third-order valence-corrected chi connectivity index (χ3v) is 6.90. The molecular weight excluding hydrogens is 412 g/mol. The topological polar surface area (TPSA) is 97.0 Å². The monoisotopic (exact) mass is 436 g/mol. The molecule has 3 N–H and O–H groups in total. The second-order valence-electron chi connectivity index (χ2n) is 6.79. The average Bonchev–Trinajstić information content (AvgIpc) is 2.73. The van der Waals surface area contributed by atoms with Gasteiger partial charge in [-0.2, -0.15) is 4.31 Å². The maximum Gasteiger partial charge on any atom is 0.243 e. The highest BCUT2D eigenvalue weighted by Crippen LogP contribution is 2.27. The van der Waals surface area contributed by atoms with Crippen LogP contribution in [0.1, 0.15) is 24.8 Å². The molecule has 0 spiro atoms. The Morgan fingerprint density at radius 2 is 1.97 bits per heavy atom. The first-order chi connectivity index (χ1) is 13.9. The highest BCUT2D eigenvalue weighted by Gasteiger charge is 2.25. The van der Waals surface area contributed by atoms with E-state index in [4.69, 9.17) is 22.1 Å². The Kier molecular flexibility index (Phi) is 7.00. The van der Waals surface area contributed by atoms with Crippen LogP contribution in [0, 0.1) is 0 Å². The number of nitrogens with two attached hydrogens (primary N) is 1. The van der Waals surface area contributed by atoms with E-state index >= 15 is 0 Å². The fourth-order valence-electron chi connectivity index (χ4n) is 3.17. The SMILES string of the molecule is COc1ccc(NC(N)=NCc2cccc(S(=O)(=O)N3CCCCC3)c2)cc1Cl. The van der Waals surface area contributed by atoms with Crippen molar-refractivity contribution in [2.45, 2.75) is 30.7 Å². The Hall–Kier alpha value is -2.29. The molecule has 2 aromatic rings. The predicted octanol–water partition coefficient (Wildman–Crippen LogP) is 3.45. The second-order valence-corrected chi connectivity index (χ2v) is 9.13. The van der Waals surface area contributed by atoms with Gasteiger partial charge in [0.25, 0.3) is 0 Å². The molecule has 0 aliphatic carbocycles. The second kappa shape index (κ2) is 9.47. The number of ether oxygens (including phenoxy) is 1. The van der Waals surface area contributed by atoms with Gasteiger partial charge >= 0.3 is 0 Å². The number of nitrogens with zero attached hydrogens (tertiary/aromatic N) is 2. The first-order valence-corrected chi connectivity index (χ1v) is 11.2. The van der Waals surface area contributed by atoms with Gasteiger partial charge in [-0.05, 0) is 48.7 Å². The van der Waals surface area contributed by atoms with E-state index in [9.17, 15) is 8.42 Å². The minimum atomic E-state index is -3.47. The average molecular weight is 437 g/mol. The number of benzene rings is 2. The minimum Gasteiger partial charge on any atom is -0.495 e. The van der Waals surface area contributed by atoms with Crippen molar-refractivity contribution in [2.24, 2.45) is 10.7 Å². The summed E-state index contributed by atoms with van der Waals surface area (Å²) < 4.78 is 32.3. The van der Waals surface area contributed by atoms with Crippen molar-refractivity contribution in [2.75, 3.05) is 25.5 Å². The first-order valence-electron chi connectivity index (χ1n) is 9.40. The number of nitrogens with one attached hydrogen (secondary N) is 1. The van der Waals surface area contributed by atoms with Crippen LogP contribution in [-0.2, 0) is 16.6 Å². The number of guanidine groups is 1. The van der Waals surface area contributed by atoms with Crippen molar-refractivity contribution in [3.63, 3.8) is 0 Å². The lowest BCUT2D eigenvalue weighted by Gasteiger charge is -2.26. The molecule has 0 saturated carbocycles. The largest absolute Gasteiger partial charge is 0.495 e. The first kappa shape index (κ1) is 21.4. The van der Waals surface area contributed by atoms with Crippen molar-refractivity contribution in [1.82, 2.24) is 4.31 Å². The van der Waals surface area contributed by atoms with Crippen LogP contribution in [0.15, 0.2) is 52.4 Å². The summed E-state index contributed by atoms with van der Waals surface area (Å²) in [5.74, 6) is 0.773. The van der Waals surface area contributed by atoms with Crippen molar-refractivity contribution < 1.29 is 13.2 Å². The van der Waals surface area contributed by atoms with Gasteiger partial charge in [-0.15, -0.1) is 0 Å². The number of rotatable bonds is 6. The molecule has 1 aliphatic heterocycles. The summed E-state index contributed by atoms with van der Waals surface area (Å²) in [6.07, 6.45) is 2.88. The van der Waals surface area contributed by atoms with E-state index in [-0.39, 0.29) is 12.5 Å². The molecule has 156 valence electrons. The van der Waals surface area contributed by atoms with Crippen LogP contribution < -0.4 is 15.8 Å².